The van der Waals surface area contributed by atoms with Gasteiger partial charge >= 0.3 is 5.97 Å². The summed E-state index contributed by atoms with van der Waals surface area (Å²) in [6.07, 6.45) is 1.99. The summed E-state index contributed by atoms with van der Waals surface area (Å²) in [5.74, 6) is -1.01. The largest absolute Gasteiger partial charge is 0.448 e. The maximum absolute atomic E-state index is 12.4. The fourth-order valence-electron chi connectivity index (χ4n) is 2.45. The van der Waals surface area contributed by atoms with Crippen molar-refractivity contribution < 1.29 is 14.3 Å². The number of esters is 1. The summed E-state index contributed by atoms with van der Waals surface area (Å²) in [5, 5.41) is 3.36. The number of imidazole rings is 1. The number of amides is 1. The topological polar surface area (TPSA) is 73.2 Å². The van der Waals surface area contributed by atoms with Crippen LogP contribution in [0.3, 0.4) is 0 Å². The van der Waals surface area contributed by atoms with Crippen LogP contribution in [0, 0.1) is 0 Å². The molecule has 1 N–H and O–H groups in total. The van der Waals surface area contributed by atoms with Gasteiger partial charge in [-0.05, 0) is 36.8 Å². The van der Waals surface area contributed by atoms with E-state index in [0.29, 0.717) is 11.6 Å². The average Bonchev–Trinajstić information content (AvgIpc) is 3.18. The predicted molar refractivity (Wildman–Crippen MR) is 102 cm³/mol. The number of aromatic nitrogens is 2. The Labute approximate surface area is 161 Å². The fourth-order valence-corrected chi connectivity index (χ4v) is 2.58. The monoisotopic (exact) mass is 383 g/mol. The summed E-state index contributed by atoms with van der Waals surface area (Å²) in [6, 6.07) is 16.4. The summed E-state index contributed by atoms with van der Waals surface area (Å²) < 4.78 is 6.91. The van der Waals surface area contributed by atoms with Gasteiger partial charge in [0, 0.05) is 17.3 Å². The first kappa shape index (κ1) is 18.7. The Morgan fingerprint density at radius 2 is 1.85 bits per heavy atom. The number of halogens is 1. The van der Waals surface area contributed by atoms with E-state index in [2.05, 4.69) is 10.3 Å². The van der Waals surface area contributed by atoms with Crippen molar-refractivity contribution in [1.82, 2.24) is 14.9 Å². The summed E-state index contributed by atoms with van der Waals surface area (Å²) in [5.41, 5.74) is 1.92. The number of carbonyl (C=O) groups is 2. The van der Waals surface area contributed by atoms with E-state index >= 15 is 0 Å². The van der Waals surface area contributed by atoms with Crippen LogP contribution >= 0.6 is 11.6 Å². The molecule has 0 saturated heterocycles. The van der Waals surface area contributed by atoms with Gasteiger partial charge in [-0.1, -0.05) is 41.9 Å². The summed E-state index contributed by atoms with van der Waals surface area (Å²) >= 11 is 5.84. The van der Waals surface area contributed by atoms with Gasteiger partial charge < -0.3 is 10.1 Å². The zero-order valence-electron chi connectivity index (χ0n) is 14.6. The Morgan fingerprint density at radius 1 is 1.15 bits per heavy atom. The van der Waals surface area contributed by atoms with Crippen LogP contribution in [0.1, 0.15) is 23.0 Å². The molecular weight excluding hydrogens is 366 g/mol. The Morgan fingerprint density at radius 3 is 2.56 bits per heavy atom. The Hall–Kier alpha value is -3.12. The molecule has 0 spiro atoms. The number of benzene rings is 2. The number of rotatable bonds is 6. The highest BCUT2D eigenvalue weighted by atomic mass is 35.5. The first-order valence-corrected chi connectivity index (χ1v) is 8.73. The van der Waals surface area contributed by atoms with Gasteiger partial charge in [0.2, 0.25) is 0 Å². The molecule has 1 aromatic heterocycles. The highest BCUT2D eigenvalue weighted by Crippen LogP contribution is 2.13. The SMILES string of the molecule is CC(OC(=O)c1cncn1-c1ccccc1)C(=O)NCc1ccc(Cl)cc1. The van der Waals surface area contributed by atoms with E-state index in [0.717, 1.165) is 11.3 Å². The van der Waals surface area contributed by atoms with E-state index in [1.807, 2.05) is 42.5 Å². The van der Waals surface area contributed by atoms with Gasteiger partial charge in [-0.25, -0.2) is 9.78 Å². The third kappa shape index (κ3) is 4.74. The molecule has 2 aromatic carbocycles. The molecule has 1 amide bonds. The van der Waals surface area contributed by atoms with E-state index in [1.165, 1.54) is 19.4 Å². The normalized spacial score (nSPS) is 11.6. The van der Waals surface area contributed by atoms with E-state index in [9.17, 15) is 9.59 Å². The highest BCUT2D eigenvalue weighted by molar-refractivity contribution is 6.30. The fraction of sp³-hybridized carbons (Fsp3) is 0.150. The van der Waals surface area contributed by atoms with Gasteiger partial charge in [-0.3, -0.25) is 9.36 Å². The smallest absolute Gasteiger partial charge is 0.357 e. The van der Waals surface area contributed by atoms with Crippen molar-refractivity contribution in [2.45, 2.75) is 19.6 Å². The van der Waals surface area contributed by atoms with Crippen LogP contribution in [0.25, 0.3) is 5.69 Å². The minimum atomic E-state index is -0.941. The second-order valence-corrected chi connectivity index (χ2v) is 6.31. The number of nitrogens with one attached hydrogen (secondary N) is 1. The summed E-state index contributed by atoms with van der Waals surface area (Å²) in [4.78, 5) is 28.7. The lowest BCUT2D eigenvalue weighted by Crippen LogP contribution is -2.35. The Balaban J connectivity index is 1.60. The molecule has 1 unspecified atom stereocenters. The number of hydrogen-bond acceptors (Lipinski definition) is 4. The van der Waals surface area contributed by atoms with Crippen LogP contribution in [0.4, 0.5) is 0 Å². The zero-order chi connectivity index (χ0) is 19.2. The lowest BCUT2D eigenvalue weighted by molar-refractivity contribution is -0.129. The van der Waals surface area contributed by atoms with E-state index in [-0.39, 0.29) is 11.6 Å². The first-order valence-electron chi connectivity index (χ1n) is 8.35. The summed E-state index contributed by atoms with van der Waals surface area (Å²) in [6.45, 7) is 1.85. The average molecular weight is 384 g/mol. The van der Waals surface area contributed by atoms with Crippen molar-refractivity contribution in [3.05, 3.63) is 83.4 Å². The van der Waals surface area contributed by atoms with Gasteiger partial charge in [-0.15, -0.1) is 0 Å². The molecule has 1 atom stereocenters. The maximum atomic E-state index is 12.4. The van der Waals surface area contributed by atoms with Crippen molar-refractivity contribution in [2.24, 2.45) is 0 Å². The zero-order valence-corrected chi connectivity index (χ0v) is 15.4. The van der Waals surface area contributed by atoms with E-state index in [1.54, 1.807) is 16.7 Å². The number of carbonyl (C=O) groups excluding carboxylic acids is 2. The van der Waals surface area contributed by atoms with Gasteiger partial charge in [0.25, 0.3) is 5.91 Å². The van der Waals surface area contributed by atoms with Crippen LogP contribution in [0.15, 0.2) is 67.1 Å². The van der Waals surface area contributed by atoms with Gasteiger partial charge in [-0.2, -0.15) is 0 Å². The lowest BCUT2D eigenvalue weighted by atomic mass is 10.2. The molecule has 0 aliphatic heterocycles. The molecule has 7 heteroatoms. The maximum Gasteiger partial charge on any atom is 0.357 e. The van der Waals surface area contributed by atoms with Crippen molar-refractivity contribution in [3.8, 4) is 5.69 Å². The molecule has 27 heavy (non-hydrogen) atoms. The van der Waals surface area contributed by atoms with Crippen LogP contribution < -0.4 is 5.32 Å². The van der Waals surface area contributed by atoms with E-state index < -0.39 is 12.1 Å². The Bertz CT molecular complexity index is 923. The molecule has 0 bridgehead atoms. The van der Waals surface area contributed by atoms with Crippen LogP contribution in [-0.4, -0.2) is 27.5 Å². The van der Waals surface area contributed by atoms with Gasteiger partial charge in [0.15, 0.2) is 11.8 Å². The molecule has 3 aromatic rings. The second-order valence-electron chi connectivity index (χ2n) is 5.88. The first-order chi connectivity index (χ1) is 13.0. The highest BCUT2D eigenvalue weighted by Gasteiger charge is 2.21. The quantitative estimate of drug-likeness (QED) is 0.662. The summed E-state index contributed by atoms with van der Waals surface area (Å²) in [7, 11) is 0. The van der Waals surface area contributed by atoms with E-state index in [4.69, 9.17) is 16.3 Å². The third-order valence-corrected chi connectivity index (χ3v) is 4.17. The molecule has 138 valence electrons. The van der Waals surface area contributed by atoms with Crippen molar-refractivity contribution in [2.75, 3.05) is 0 Å². The molecular formula is C20H18ClN3O3. The van der Waals surface area contributed by atoms with Crippen LogP contribution in [-0.2, 0) is 16.1 Å². The molecule has 0 saturated carbocycles. The predicted octanol–water partition coefficient (Wildman–Crippen LogP) is 3.39. The van der Waals surface area contributed by atoms with Crippen molar-refractivity contribution in [3.63, 3.8) is 0 Å². The van der Waals surface area contributed by atoms with Crippen LogP contribution in [0.5, 0.6) is 0 Å². The van der Waals surface area contributed by atoms with Gasteiger partial charge in [0.05, 0.1) is 12.5 Å². The number of para-hydroxylation sites is 1. The van der Waals surface area contributed by atoms with Crippen LogP contribution in [0.2, 0.25) is 5.02 Å². The number of ether oxygens (including phenoxy) is 1. The minimum absolute atomic E-state index is 0.249. The molecule has 0 aliphatic rings. The third-order valence-electron chi connectivity index (χ3n) is 3.92. The van der Waals surface area contributed by atoms with Crippen molar-refractivity contribution >= 4 is 23.5 Å². The molecule has 0 radical (unpaired) electrons. The van der Waals surface area contributed by atoms with Crippen molar-refractivity contribution in [1.29, 1.82) is 0 Å². The molecule has 0 fully saturated rings. The number of hydrogen-bond donors (Lipinski definition) is 1. The second kappa shape index (κ2) is 8.51. The lowest BCUT2D eigenvalue weighted by Gasteiger charge is -2.14. The minimum Gasteiger partial charge on any atom is -0.448 e. The molecule has 0 aliphatic carbocycles. The molecule has 3 rings (SSSR count). The molecule has 1 heterocycles. The Kier molecular flexibility index (Phi) is 5.88. The standard InChI is InChI=1S/C20H18ClN3O3/c1-14(19(25)23-11-15-7-9-16(21)10-8-15)27-20(26)18-12-22-13-24(18)17-5-3-2-4-6-17/h2-10,12-14H,11H2,1H3,(H,23,25). The number of nitrogens with zero attached hydrogens (tertiary/aromatic N) is 2. The molecule has 6 nitrogen and oxygen atoms in total. The van der Waals surface area contributed by atoms with Gasteiger partial charge in [0.1, 0.15) is 0 Å².